The van der Waals surface area contributed by atoms with Crippen LogP contribution < -0.4 is 5.32 Å². The van der Waals surface area contributed by atoms with E-state index in [2.05, 4.69) is 19.2 Å². The van der Waals surface area contributed by atoms with Gasteiger partial charge in [-0.05, 0) is 13.8 Å². The summed E-state index contributed by atoms with van der Waals surface area (Å²) in [4.78, 5) is 13.8. The van der Waals surface area contributed by atoms with E-state index in [1.54, 1.807) is 0 Å². The summed E-state index contributed by atoms with van der Waals surface area (Å²) in [5.74, 6) is 0.232. The number of ether oxygens (including phenoxy) is 1. The van der Waals surface area contributed by atoms with Crippen molar-refractivity contribution in [1.29, 1.82) is 0 Å². The molecule has 1 fully saturated rings. The first-order valence-corrected chi connectivity index (χ1v) is 6.15. The van der Waals surface area contributed by atoms with Crippen molar-refractivity contribution in [2.75, 3.05) is 19.6 Å². The van der Waals surface area contributed by atoms with E-state index in [9.17, 15) is 4.79 Å². The van der Waals surface area contributed by atoms with E-state index < -0.39 is 0 Å². The molecule has 1 aliphatic rings. The Morgan fingerprint density at radius 1 is 1.38 bits per heavy atom. The Kier molecular flexibility index (Phi) is 5.22. The lowest BCUT2D eigenvalue weighted by Crippen LogP contribution is -2.48. The third-order valence-electron chi connectivity index (χ3n) is 2.66. The first-order valence-electron chi connectivity index (χ1n) is 6.15. The molecule has 94 valence electrons. The maximum absolute atomic E-state index is 11.9. The number of nitrogens with zero attached hydrogens (tertiary/aromatic N) is 1. The highest BCUT2D eigenvalue weighted by molar-refractivity contribution is 5.76. The number of hydrogen-bond acceptors (Lipinski definition) is 3. The average molecular weight is 228 g/mol. The summed E-state index contributed by atoms with van der Waals surface area (Å²) in [5.41, 5.74) is 0. The van der Waals surface area contributed by atoms with Crippen LogP contribution in [0.15, 0.2) is 0 Å². The number of carbonyl (C=O) groups excluding carboxylic acids is 1. The largest absolute Gasteiger partial charge is 0.372 e. The van der Waals surface area contributed by atoms with Crippen LogP contribution >= 0.6 is 0 Å². The van der Waals surface area contributed by atoms with E-state index in [1.165, 1.54) is 0 Å². The fraction of sp³-hybridized carbons (Fsp3) is 0.917. The van der Waals surface area contributed by atoms with Crippen molar-refractivity contribution in [3.8, 4) is 0 Å². The molecule has 2 atom stereocenters. The Labute approximate surface area is 98.3 Å². The van der Waals surface area contributed by atoms with Gasteiger partial charge in [0.25, 0.3) is 0 Å². The number of rotatable bonds is 4. The van der Waals surface area contributed by atoms with Crippen molar-refractivity contribution in [3.05, 3.63) is 0 Å². The first kappa shape index (κ1) is 13.5. The lowest BCUT2D eigenvalue weighted by Gasteiger charge is -2.35. The van der Waals surface area contributed by atoms with Crippen molar-refractivity contribution < 1.29 is 9.53 Å². The Morgan fingerprint density at radius 2 is 1.94 bits per heavy atom. The van der Waals surface area contributed by atoms with E-state index in [1.807, 2.05) is 18.7 Å². The van der Waals surface area contributed by atoms with Gasteiger partial charge in [0, 0.05) is 32.1 Å². The minimum Gasteiger partial charge on any atom is -0.372 e. The van der Waals surface area contributed by atoms with E-state index in [-0.39, 0.29) is 18.1 Å². The minimum absolute atomic E-state index is 0.158. The normalized spacial score (nSPS) is 26.2. The van der Waals surface area contributed by atoms with Gasteiger partial charge in [-0.15, -0.1) is 0 Å². The zero-order chi connectivity index (χ0) is 12.1. The molecule has 0 spiro atoms. The molecule has 1 N–H and O–H groups in total. The van der Waals surface area contributed by atoms with Crippen LogP contribution in [0.25, 0.3) is 0 Å². The predicted octanol–water partition coefficient (Wildman–Crippen LogP) is 1.01. The molecule has 1 amide bonds. The van der Waals surface area contributed by atoms with Gasteiger partial charge >= 0.3 is 0 Å². The monoisotopic (exact) mass is 228 g/mol. The summed E-state index contributed by atoms with van der Waals surface area (Å²) in [5, 5.41) is 3.26. The third kappa shape index (κ3) is 4.49. The molecular formula is C12H24N2O2. The van der Waals surface area contributed by atoms with Crippen molar-refractivity contribution >= 4 is 5.91 Å². The van der Waals surface area contributed by atoms with Crippen LogP contribution in [0.5, 0.6) is 0 Å². The van der Waals surface area contributed by atoms with Gasteiger partial charge in [-0.1, -0.05) is 13.8 Å². The lowest BCUT2D eigenvalue weighted by molar-refractivity contribution is -0.143. The molecule has 4 nitrogen and oxygen atoms in total. The molecule has 16 heavy (non-hydrogen) atoms. The fourth-order valence-electron chi connectivity index (χ4n) is 2.01. The second kappa shape index (κ2) is 6.21. The average Bonchev–Trinajstić information content (AvgIpc) is 2.15. The molecule has 0 saturated carbocycles. The smallest absolute Gasteiger partial charge is 0.224 e. The summed E-state index contributed by atoms with van der Waals surface area (Å²) >= 11 is 0. The summed E-state index contributed by atoms with van der Waals surface area (Å²) in [6.07, 6.45) is 0.897. The Hall–Kier alpha value is -0.610. The number of nitrogens with one attached hydrogen (secondary N) is 1. The van der Waals surface area contributed by atoms with Gasteiger partial charge in [-0.25, -0.2) is 0 Å². The van der Waals surface area contributed by atoms with Crippen LogP contribution in [0.4, 0.5) is 0 Å². The highest BCUT2D eigenvalue weighted by Crippen LogP contribution is 2.11. The summed E-state index contributed by atoms with van der Waals surface area (Å²) in [6, 6.07) is 0.440. The Bertz CT molecular complexity index is 221. The fourth-order valence-corrected chi connectivity index (χ4v) is 2.01. The summed E-state index contributed by atoms with van der Waals surface area (Å²) in [6.45, 7) is 10.4. The highest BCUT2D eigenvalue weighted by Gasteiger charge is 2.25. The third-order valence-corrected chi connectivity index (χ3v) is 2.66. The second-order valence-corrected chi connectivity index (χ2v) is 4.91. The first-order chi connectivity index (χ1) is 7.49. The Morgan fingerprint density at radius 3 is 2.44 bits per heavy atom. The predicted molar refractivity (Wildman–Crippen MR) is 64.3 cm³/mol. The molecule has 4 heteroatoms. The van der Waals surface area contributed by atoms with E-state index in [4.69, 9.17) is 4.74 Å². The van der Waals surface area contributed by atoms with Crippen LogP contribution in [-0.4, -0.2) is 48.7 Å². The second-order valence-electron chi connectivity index (χ2n) is 4.91. The molecule has 1 rings (SSSR count). The zero-order valence-electron chi connectivity index (χ0n) is 10.8. The van der Waals surface area contributed by atoms with Crippen molar-refractivity contribution in [1.82, 2.24) is 10.2 Å². The number of carbonyl (C=O) groups is 1. The van der Waals surface area contributed by atoms with Gasteiger partial charge in [0.15, 0.2) is 0 Å². The number of amides is 1. The van der Waals surface area contributed by atoms with Crippen LogP contribution in [0.3, 0.4) is 0 Å². The van der Waals surface area contributed by atoms with E-state index in [0.29, 0.717) is 12.5 Å². The van der Waals surface area contributed by atoms with Gasteiger partial charge in [0.2, 0.25) is 5.91 Å². The maximum Gasteiger partial charge on any atom is 0.224 e. The van der Waals surface area contributed by atoms with Crippen LogP contribution in [0, 0.1) is 0 Å². The number of morpholine rings is 1. The quantitative estimate of drug-likeness (QED) is 0.781. The molecule has 2 unspecified atom stereocenters. The molecule has 0 aliphatic carbocycles. The summed E-state index contributed by atoms with van der Waals surface area (Å²) in [7, 11) is 0. The number of hydrogen-bond donors (Lipinski definition) is 1. The van der Waals surface area contributed by atoms with Crippen LogP contribution in [0.1, 0.15) is 34.1 Å². The summed E-state index contributed by atoms with van der Waals surface area (Å²) < 4.78 is 5.60. The van der Waals surface area contributed by atoms with E-state index in [0.717, 1.165) is 19.6 Å². The van der Waals surface area contributed by atoms with Gasteiger partial charge < -0.3 is 15.0 Å². The van der Waals surface area contributed by atoms with Crippen molar-refractivity contribution in [2.24, 2.45) is 0 Å². The standard InChI is InChI=1S/C12H24N2O2/c1-9(2)13-6-5-12(15)14-7-10(3)16-11(4)8-14/h9-11,13H,5-8H2,1-4H3. The molecule has 1 heterocycles. The van der Waals surface area contributed by atoms with Crippen molar-refractivity contribution in [2.45, 2.75) is 52.4 Å². The molecule has 0 aromatic heterocycles. The molecular weight excluding hydrogens is 204 g/mol. The molecule has 0 aromatic rings. The molecule has 0 radical (unpaired) electrons. The van der Waals surface area contributed by atoms with Gasteiger partial charge in [0.05, 0.1) is 12.2 Å². The topological polar surface area (TPSA) is 41.6 Å². The molecule has 1 aliphatic heterocycles. The Balaban J connectivity index is 2.30. The molecule has 0 bridgehead atoms. The SMILES string of the molecule is CC(C)NCCC(=O)N1CC(C)OC(C)C1. The van der Waals surface area contributed by atoms with Crippen molar-refractivity contribution in [3.63, 3.8) is 0 Å². The van der Waals surface area contributed by atoms with Crippen LogP contribution in [-0.2, 0) is 9.53 Å². The van der Waals surface area contributed by atoms with Gasteiger partial charge in [-0.2, -0.15) is 0 Å². The lowest BCUT2D eigenvalue weighted by atomic mass is 10.2. The maximum atomic E-state index is 11.9. The molecule has 1 saturated heterocycles. The molecule has 0 aromatic carbocycles. The van der Waals surface area contributed by atoms with Crippen LogP contribution in [0.2, 0.25) is 0 Å². The minimum atomic E-state index is 0.158. The highest BCUT2D eigenvalue weighted by atomic mass is 16.5. The zero-order valence-corrected chi connectivity index (χ0v) is 10.8. The van der Waals surface area contributed by atoms with Gasteiger partial charge in [0.1, 0.15) is 0 Å². The van der Waals surface area contributed by atoms with E-state index >= 15 is 0 Å². The van der Waals surface area contributed by atoms with Gasteiger partial charge in [-0.3, -0.25) is 4.79 Å².